The topological polar surface area (TPSA) is 39.7 Å². The van der Waals surface area contributed by atoms with Crippen molar-refractivity contribution in [3.63, 3.8) is 0 Å². The van der Waals surface area contributed by atoms with Crippen molar-refractivity contribution < 1.29 is 14.2 Å². The highest BCUT2D eigenvalue weighted by molar-refractivity contribution is 6.32. The third-order valence-corrected chi connectivity index (χ3v) is 2.97. The van der Waals surface area contributed by atoms with Crippen molar-refractivity contribution in [1.29, 1.82) is 0 Å². The molecule has 0 saturated carbocycles. The Bertz CT molecular complexity index is 385. The molecule has 0 aliphatic carbocycles. The zero-order valence-electron chi connectivity index (χ0n) is 11.8. The van der Waals surface area contributed by atoms with E-state index in [1.165, 1.54) is 0 Å². The monoisotopic (exact) mass is 287 g/mol. The maximum atomic E-state index is 6.09. The first-order chi connectivity index (χ1) is 9.22. The molecule has 0 atom stereocenters. The predicted molar refractivity (Wildman–Crippen MR) is 78.8 cm³/mol. The van der Waals surface area contributed by atoms with Crippen molar-refractivity contribution in [2.45, 2.75) is 19.8 Å². The van der Waals surface area contributed by atoms with Crippen LogP contribution in [0.5, 0.6) is 11.5 Å². The summed E-state index contributed by atoms with van der Waals surface area (Å²) in [5.74, 6) is 1.30. The molecule has 1 aromatic rings. The van der Waals surface area contributed by atoms with Gasteiger partial charge in [0.25, 0.3) is 0 Å². The summed E-state index contributed by atoms with van der Waals surface area (Å²) >= 11 is 6.09. The summed E-state index contributed by atoms with van der Waals surface area (Å²) < 4.78 is 15.9. The highest BCUT2D eigenvalue weighted by Gasteiger charge is 2.09. The molecule has 0 aliphatic heterocycles. The number of halogens is 1. The van der Waals surface area contributed by atoms with E-state index in [0.717, 1.165) is 25.1 Å². The largest absolute Gasteiger partial charge is 0.495 e. The summed E-state index contributed by atoms with van der Waals surface area (Å²) in [7, 11) is 3.20. The molecule has 5 heteroatoms. The molecule has 0 amide bonds. The van der Waals surface area contributed by atoms with E-state index in [2.05, 4.69) is 12.2 Å². The fourth-order valence-electron chi connectivity index (χ4n) is 1.60. The van der Waals surface area contributed by atoms with Gasteiger partial charge in [-0.1, -0.05) is 24.9 Å². The molecule has 0 aliphatic rings. The van der Waals surface area contributed by atoms with Gasteiger partial charge in [0.05, 0.1) is 31.5 Å². The number of nitrogens with one attached hydrogen (secondary N) is 1. The average Bonchev–Trinajstić information content (AvgIpc) is 2.43. The van der Waals surface area contributed by atoms with Gasteiger partial charge in [-0.2, -0.15) is 0 Å². The van der Waals surface area contributed by atoms with Gasteiger partial charge in [0.15, 0.2) is 0 Å². The zero-order valence-corrected chi connectivity index (χ0v) is 12.5. The Hall–Kier alpha value is -1.13. The third-order valence-electron chi connectivity index (χ3n) is 2.68. The van der Waals surface area contributed by atoms with E-state index in [4.69, 9.17) is 25.8 Å². The van der Waals surface area contributed by atoms with Gasteiger partial charge < -0.3 is 19.5 Å². The van der Waals surface area contributed by atoms with Gasteiger partial charge in [-0.25, -0.2) is 0 Å². The number of benzene rings is 1. The number of ether oxygens (including phenoxy) is 3. The molecule has 0 heterocycles. The minimum Gasteiger partial charge on any atom is -0.495 e. The van der Waals surface area contributed by atoms with Gasteiger partial charge in [-0.15, -0.1) is 0 Å². The lowest BCUT2D eigenvalue weighted by molar-refractivity contribution is 0.141. The van der Waals surface area contributed by atoms with E-state index in [1.807, 2.05) is 0 Å². The van der Waals surface area contributed by atoms with E-state index in [1.54, 1.807) is 26.4 Å². The summed E-state index contributed by atoms with van der Waals surface area (Å²) in [6.07, 6.45) is 2.24. The molecule has 0 fully saturated rings. The molecule has 0 unspecified atom stereocenters. The first-order valence-electron chi connectivity index (χ1n) is 6.46. The minimum absolute atomic E-state index is 0.553. The molecular formula is C14H22ClNO3. The van der Waals surface area contributed by atoms with Crippen LogP contribution in [0, 0.1) is 0 Å². The SMILES string of the molecule is CCCCOCCNc1cc(Cl)c(OC)cc1OC. The number of rotatable bonds is 9. The third kappa shape index (κ3) is 5.17. The average molecular weight is 288 g/mol. The molecular weight excluding hydrogens is 266 g/mol. The van der Waals surface area contributed by atoms with Gasteiger partial charge in [-0.3, -0.25) is 0 Å². The Balaban J connectivity index is 2.50. The lowest BCUT2D eigenvalue weighted by Crippen LogP contribution is -2.10. The van der Waals surface area contributed by atoms with Gasteiger partial charge in [0.1, 0.15) is 11.5 Å². The number of hydrogen-bond acceptors (Lipinski definition) is 4. The maximum Gasteiger partial charge on any atom is 0.145 e. The predicted octanol–water partition coefficient (Wildman–Crippen LogP) is 3.59. The second-order valence-electron chi connectivity index (χ2n) is 4.08. The first kappa shape index (κ1) is 15.9. The Kier molecular flexibility index (Phi) is 7.45. The van der Waals surface area contributed by atoms with Crippen molar-refractivity contribution >= 4 is 17.3 Å². The van der Waals surface area contributed by atoms with Gasteiger partial charge in [0.2, 0.25) is 0 Å². The number of methoxy groups -OCH3 is 2. The molecule has 4 nitrogen and oxygen atoms in total. The van der Waals surface area contributed by atoms with E-state index in [-0.39, 0.29) is 0 Å². The Morgan fingerprint density at radius 2 is 1.84 bits per heavy atom. The summed E-state index contributed by atoms with van der Waals surface area (Å²) in [6, 6.07) is 3.56. The van der Waals surface area contributed by atoms with Gasteiger partial charge >= 0.3 is 0 Å². The van der Waals surface area contributed by atoms with Crippen LogP contribution in [0.25, 0.3) is 0 Å². The van der Waals surface area contributed by atoms with Crippen LogP contribution < -0.4 is 14.8 Å². The second-order valence-corrected chi connectivity index (χ2v) is 4.49. The second kappa shape index (κ2) is 8.88. The van der Waals surface area contributed by atoms with E-state index >= 15 is 0 Å². The van der Waals surface area contributed by atoms with Gasteiger partial charge in [0, 0.05) is 19.2 Å². The van der Waals surface area contributed by atoms with Crippen molar-refractivity contribution in [3.8, 4) is 11.5 Å². The molecule has 0 aromatic heterocycles. The van der Waals surface area contributed by atoms with Crippen LogP contribution in [0.3, 0.4) is 0 Å². The normalized spacial score (nSPS) is 10.3. The minimum atomic E-state index is 0.553. The number of anilines is 1. The van der Waals surface area contributed by atoms with E-state index in [9.17, 15) is 0 Å². The molecule has 1 rings (SSSR count). The van der Waals surface area contributed by atoms with Crippen LogP contribution in [-0.2, 0) is 4.74 Å². The molecule has 1 aromatic carbocycles. The fourth-order valence-corrected chi connectivity index (χ4v) is 1.85. The Morgan fingerprint density at radius 3 is 2.47 bits per heavy atom. The van der Waals surface area contributed by atoms with E-state index < -0.39 is 0 Å². The van der Waals surface area contributed by atoms with Crippen molar-refractivity contribution in [3.05, 3.63) is 17.2 Å². The summed E-state index contributed by atoms with van der Waals surface area (Å²) in [4.78, 5) is 0. The number of hydrogen-bond donors (Lipinski definition) is 1. The standard InChI is InChI=1S/C14H22ClNO3/c1-4-5-7-19-8-6-16-12-9-11(15)13(17-2)10-14(12)18-3/h9-10,16H,4-8H2,1-3H3. The molecule has 0 spiro atoms. The molecule has 108 valence electrons. The molecule has 1 N–H and O–H groups in total. The first-order valence-corrected chi connectivity index (χ1v) is 6.83. The Labute approximate surface area is 120 Å². The molecule has 0 saturated heterocycles. The van der Waals surface area contributed by atoms with E-state index in [0.29, 0.717) is 29.7 Å². The maximum absolute atomic E-state index is 6.09. The summed E-state index contributed by atoms with van der Waals surface area (Å²) in [5.41, 5.74) is 0.840. The zero-order chi connectivity index (χ0) is 14.1. The fraction of sp³-hybridized carbons (Fsp3) is 0.571. The summed E-state index contributed by atoms with van der Waals surface area (Å²) in [6.45, 7) is 4.32. The van der Waals surface area contributed by atoms with Crippen LogP contribution in [-0.4, -0.2) is 34.0 Å². The van der Waals surface area contributed by atoms with Crippen LogP contribution >= 0.6 is 11.6 Å². The van der Waals surface area contributed by atoms with Crippen molar-refractivity contribution in [2.24, 2.45) is 0 Å². The molecule has 0 radical (unpaired) electrons. The lowest BCUT2D eigenvalue weighted by Gasteiger charge is -2.13. The van der Waals surface area contributed by atoms with Crippen molar-refractivity contribution in [1.82, 2.24) is 0 Å². The van der Waals surface area contributed by atoms with Crippen LogP contribution in [0.15, 0.2) is 12.1 Å². The highest BCUT2D eigenvalue weighted by atomic mass is 35.5. The summed E-state index contributed by atoms with van der Waals surface area (Å²) in [5, 5.41) is 3.80. The molecule has 0 bridgehead atoms. The van der Waals surface area contributed by atoms with Crippen molar-refractivity contribution in [2.75, 3.05) is 39.3 Å². The Morgan fingerprint density at radius 1 is 1.11 bits per heavy atom. The highest BCUT2D eigenvalue weighted by Crippen LogP contribution is 2.35. The smallest absolute Gasteiger partial charge is 0.145 e. The molecule has 19 heavy (non-hydrogen) atoms. The van der Waals surface area contributed by atoms with Crippen LogP contribution in [0.1, 0.15) is 19.8 Å². The lowest BCUT2D eigenvalue weighted by atomic mass is 10.2. The quantitative estimate of drug-likeness (QED) is 0.705. The van der Waals surface area contributed by atoms with Crippen LogP contribution in [0.4, 0.5) is 5.69 Å². The van der Waals surface area contributed by atoms with Crippen LogP contribution in [0.2, 0.25) is 5.02 Å². The van der Waals surface area contributed by atoms with Gasteiger partial charge in [-0.05, 0) is 12.5 Å². The number of unbranched alkanes of at least 4 members (excludes halogenated alkanes) is 1.